The molecule has 1 saturated heterocycles. The van der Waals surface area contributed by atoms with E-state index in [-0.39, 0.29) is 6.01 Å². The lowest BCUT2D eigenvalue weighted by Gasteiger charge is -2.27. The van der Waals surface area contributed by atoms with Crippen LogP contribution in [0.5, 0.6) is 11.8 Å². The Hall–Kier alpha value is -1.96. The first-order valence-corrected chi connectivity index (χ1v) is 6.60. The van der Waals surface area contributed by atoms with Crippen molar-refractivity contribution in [3.05, 3.63) is 23.9 Å². The predicted molar refractivity (Wildman–Crippen MR) is 75.1 cm³/mol. The molecule has 2 atom stereocenters. The summed E-state index contributed by atoms with van der Waals surface area (Å²) < 4.78 is 16.1. The third kappa shape index (κ3) is 2.10. The van der Waals surface area contributed by atoms with Crippen LogP contribution in [-0.4, -0.2) is 42.0 Å². The molecule has 1 aliphatic rings. The second-order valence-electron chi connectivity index (χ2n) is 4.86. The molecular formula is C14H17N3O4. The van der Waals surface area contributed by atoms with Gasteiger partial charge in [-0.25, -0.2) is 0 Å². The largest absolute Gasteiger partial charge is 0.496 e. The van der Waals surface area contributed by atoms with Crippen molar-refractivity contribution in [1.29, 1.82) is 0 Å². The SMILES string of the molecule is COc1nc(C2(N)OCCC2O)c2c(OC)cccc2n1. The summed E-state index contributed by atoms with van der Waals surface area (Å²) in [5, 5.41) is 10.8. The summed E-state index contributed by atoms with van der Waals surface area (Å²) in [6.07, 6.45) is -0.412. The summed E-state index contributed by atoms with van der Waals surface area (Å²) in [7, 11) is 3.03. The van der Waals surface area contributed by atoms with Gasteiger partial charge in [0.25, 0.3) is 0 Å². The Morgan fingerprint density at radius 3 is 2.76 bits per heavy atom. The highest BCUT2D eigenvalue weighted by Gasteiger charge is 2.45. The van der Waals surface area contributed by atoms with E-state index >= 15 is 0 Å². The van der Waals surface area contributed by atoms with Crippen molar-refractivity contribution in [2.24, 2.45) is 5.73 Å². The molecule has 1 aromatic heterocycles. The highest BCUT2D eigenvalue weighted by Crippen LogP contribution is 2.38. The summed E-state index contributed by atoms with van der Waals surface area (Å²) in [6, 6.07) is 5.56. The quantitative estimate of drug-likeness (QED) is 0.851. The molecular weight excluding hydrogens is 274 g/mol. The van der Waals surface area contributed by atoms with E-state index in [0.717, 1.165) is 0 Å². The number of fused-ring (bicyclic) bond motifs is 1. The number of methoxy groups -OCH3 is 2. The molecule has 0 amide bonds. The maximum Gasteiger partial charge on any atom is 0.317 e. The van der Waals surface area contributed by atoms with Crippen molar-refractivity contribution in [3.8, 4) is 11.8 Å². The average molecular weight is 291 g/mol. The number of aromatic nitrogens is 2. The predicted octanol–water partition coefficient (Wildman–Crippen LogP) is 0.540. The van der Waals surface area contributed by atoms with E-state index in [9.17, 15) is 5.11 Å². The van der Waals surface area contributed by atoms with E-state index in [4.69, 9.17) is 19.9 Å². The smallest absolute Gasteiger partial charge is 0.317 e. The van der Waals surface area contributed by atoms with Crippen LogP contribution in [0.1, 0.15) is 12.1 Å². The van der Waals surface area contributed by atoms with Gasteiger partial charge in [0.2, 0.25) is 0 Å². The monoisotopic (exact) mass is 291 g/mol. The zero-order valence-electron chi connectivity index (χ0n) is 11.9. The summed E-state index contributed by atoms with van der Waals surface area (Å²) in [6.45, 7) is 0.362. The van der Waals surface area contributed by atoms with Crippen molar-refractivity contribution in [2.45, 2.75) is 18.2 Å². The highest BCUT2D eigenvalue weighted by atomic mass is 16.5. The molecule has 2 unspecified atom stereocenters. The third-order valence-corrected chi connectivity index (χ3v) is 3.66. The van der Waals surface area contributed by atoms with Gasteiger partial charge in [-0.15, -0.1) is 0 Å². The molecule has 0 radical (unpaired) electrons. The van der Waals surface area contributed by atoms with Crippen LogP contribution in [0.25, 0.3) is 10.9 Å². The number of aliphatic hydroxyl groups is 1. The van der Waals surface area contributed by atoms with Gasteiger partial charge in [-0.05, 0) is 12.1 Å². The number of ether oxygens (including phenoxy) is 3. The van der Waals surface area contributed by atoms with Crippen molar-refractivity contribution < 1.29 is 19.3 Å². The molecule has 7 nitrogen and oxygen atoms in total. The van der Waals surface area contributed by atoms with Gasteiger partial charge in [0, 0.05) is 6.42 Å². The van der Waals surface area contributed by atoms with Crippen LogP contribution in [-0.2, 0) is 10.5 Å². The fourth-order valence-electron chi connectivity index (χ4n) is 2.55. The van der Waals surface area contributed by atoms with Gasteiger partial charge in [-0.2, -0.15) is 9.97 Å². The molecule has 0 saturated carbocycles. The van der Waals surface area contributed by atoms with E-state index < -0.39 is 11.8 Å². The lowest BCUT2D eigenvalue weighted by Crippen LogP contribution is -2.46. The molecule has 21 heavy (non-hydrogen) atoms. The lowest BCUT2D eigenvalue weighted by molar-refractivity contribution is -0.0607. The van der Waals surface area contributed by atoms with Crippen molar-refractivity contribution in [3.63, 3.8) is 0 Å². The Morgan fingerprint density at radius 2 is 2.14 bits per heavy atom. The number of hydrogen-bond acceptors (Lipinski definition) is 7. The molecule has 2 aromatic rings. The van der Waals surface area contributed by atoms with Crippen LogP contribution in [0.15, 0.2) is 18.2 Å². The van der Waals surface area contributed by atoms with Gasteiger partial charge in [-0.1, -0.05) is 6.07 Å². The van der Waals surface area contributed by atoms with Crippen LogP contribution in [0.4, 0.5) is 0 Å². The second kappa shape index (κ2) is 5.10. The van der Waals surface area contributed by atoms with Gasteiger partial charge in [0.15, 0.2) is 5.72 Å². The van der Waals surface area contributed by atoms with Gasteiger partial charge in [0.1, 0.15) is 17.5 Å². The van der Waals surface area contributed by atoms with Crippen molar-refractivity contribution >= 4 is 10.9 Å². The lowest BCUT2D eigenvalue weighted by atomic mass is 9.99. The van der Waals surface area contributed by atoms with Crippen molar-refractivity contribution in [1.82, 2.24) is 9.97 Å². The zero-order valence-corrected chi connectivity index (χ0v) is 11.9. The van der Waals surface area contributed by atoms with Crippen LogP contribution in [0, 0.1) is 0 Å². The number of nitrogens with zero attached hydrogens (tertiary/aromatic N) is 2. The third-order valence-electron chi connectivity index (χ3n) is 3.66. The van der Waals surface area contributed by atoms with E-state index in [1.165, 1.54) is 7.11 Å². The summed E-state index contributed by atoms with van der Waals surface area (Å²) >= 11 is 0. The van der Waals surface area contributed by atoms with Crippen LogP contribution < -0.4 is 15.2 Å². The van der Waals surface area contributed by atoms with Crippen molar-refractivity contribution in [2.75, 3.05) is 20.8 Å². The highest BCUT2D eigenvalue weighted by molar-refractivity contribution is 5.88. The number of hydrogen-bond donors (Lipinski definition) is 2. The molecule has 2 heterocycles. The Bertz CT molecular complexity index is 679. The minimum atomic E-state index is -1.40. The van der Waals surface area contributed by atoms with Gasteiger partial charge in [0.05, 0.1) is 31.7 Å². The maximum absolute atomic E-state index is 10.2. The normalized spacial score (nSPS) is 25.2. The average Bonchev–Trinajstić information content (AvgIpc) is 2.85. The molecule has 0 spiro atoms. The molecule has 0 aliphatic carbocycles. The topological polar surface area (TPSA) is 99.7 Å². The Labute approximate surface area is 121 Å². The van der Waals surface area contributed by atoms with E-state index in [2.05, 4.69) is 9.97 Å². The molecule has 1 aromatic carbocycles. The maximum atomic E-state index is 10.2. The Balaban J connectivity index is 2.33. The Morgan fingerprint density at radius 1 is 1.33 bits per heavy atom. The summed E-state index contributed by atoms with van der Waals surface area (Å²) in [5.74, 6) is 0.567. The number of benzene rings is 1. The molecule has 7 heteroatoms. The van der Waals surface area contributed by atoms with Gasteiger partial charge in [-0.3, -0.25) is 5.73 Å². The molecule has 1 fully saturated rings. The first-order chi connectivity index (χ1) is 10.1. The minimum Gasteiger partial charge on any atom is -0.496 e. The van der Waals surface area contributed by atoms with Gasteiger partial charge < -0.3 is 19.3 Å². The van der Waals surface area contributed by atoms with Crippen LogP contribution >= 0.6 is 0 Å². The molecule has 1 aliphatic heterocycles. The fourth-order valence-corrected chi connectivity index (χ4v) is 2.55. The molecule has 3 rings (SSSR count). The van der Waals surface area contributed by atoms with Crippen LogP contribution in [0.2, 0.25) is 0 Å². The molecule has 0 bridgehead atoms. The first-order valence-electron chi connectivity index (χ1n) is 6.60. The number of aliphatic hydroxyl groups excluding tert-OH is 1. The first kappa shape index (κ1) is 14.0. The molecule has 3 N–H and O–H groups in total. The number of rotatable bonds is 3. The summed E-state index contributed by atoms with van der Waals surface area (Å²) in [5.41, 5.74) is 5.85. The zero-order chi connectivity index (χ0) is 15.0. The van der Waals surface area contributed by atoms with E-state index in [1.54, 1.807) is 19.2 Å². The standard InChI is InChI=1S/C14H17N3O4/c1-19-9-5-3-4-8-11(9)12(17-13(16-8)20-2)14(15)10(18)6-7-21-14/h3-5,10,18H,6-7,15H2,1-2H3. The molecule has 112 valence electrons. The Kier molecular flexibility index (Phi) is 3.40. The summed E-state index contributed by atoms with van der Waals surface area (Å²) in [4.78, 5) is 8.59. The second-order valence-corrected chi connectivity index (χ2v) is 4.86. The van der Waals surface area contributed by atoms with E-state index in [1.807, 2.05) is 6.07 Å². The number of nitrogens with two attached hydrogens (primary N) is 1. The minimum absolute atomic E-state index is 0.165. The fraction of sp³-hybridized carbons (Fsp3) is 0.429. The van der Waals surface area contributed by atoms with Crippen LogP contribution in [0.3, 0.4) is 0 Å². The van der Waals surface area contributed by atoms with Gasteiger partial charge >= 0.3 is 6.01 Å². The van der Waals surface area contributed by atoms with E-state index in [0.29, 0.717) is 35.4 Å².